The number of rotatable bonds is 1. The summed E-state index contributed by atoms with van der Waals surface area (Å²) < 4.78 is 13.7. The van der Waals surface area contributed by atoms with E-state index in [1.54, 1.807) is 33.8 Å². The van der Waals surface area contributed by atoms with Crippen LogP contribution in [0.3, 0.4) is 0 Å². The fourth-order valence-electron chi connectivity index (χ4n) is 1.55. The van der Waals surface area contributed by atoms with E-state index in [9.17, 15) is 4.39 Å². The van der Waals surface area contributed by atoms with E-state index < -0.39 is 11.2 Å². The van der Waals surface area contributed by atoms with Gasteiger partial charge in [0.05, 0.1) is 16.5 Å². The largest absolute Gasteiger partial charge is 0.205 e. The second kappa shape index (κ2) is 3.83. The average molecular weight is 226 g/mol. The SMILES string of the molecule is Cc1cc(C(C)(C)C#N)c(C)c(F)c1Cl. The highest BCUT2D eigenvalue weighted by Crippen LogP contribution is 2.32. The molecule has 0 fully saturated rings. The maximum absolute atomic E-state index is 13.7. The predicted octanol–water partition coefficient (Wildman–Crippen LogP) is 3.90. The number of hydrogen-bond acceptors (Lipinski definition) is 1. The second-order valence-corrected chi connectivity index (χ2v) is 4.61. The highest BCUT2D eigenvalue weighted by molar-refractivity contribution is 6.31. The van der Waals surface area contributed by atoms with Crippen LogP contribution in [0.25, 0.3) is 0 Å². The van der Waals surface area contributed by atoms with Gasteiger partial charge in [-0.15, -0.1) is 0 Å². The molecule has 15 heavy (non-hydrogen) atoms. The monoisotopic (exact) mass is 225 g/mol. The van der Waals surface area contributed by atoms with Crippen LogP contribution in [0.2, 0.25) is 5.02 Å². The van der Waals surface area contributed by atoms with E-state index in [4.69, 9.17) is 16.9 Å². The predicted molar refractivity (Wildman–Crippen MR) is 59.5 cm³/mol. The van der Waals surface area contributed by atoms with Crippen molar-refractivity contribution in [1.29, 1.82) is 5.26 Å². The molecule has 0 atom stereocenters. The zero-order valence-electron chi connectivity index (χ0n) is 9.28. The summed E-state index contributed by atoms with van der Waals surface area (Å²) in [4.78, 5) is 0. The van der Waals surface area contributed by atoms with Crippen molar-refractivity contribution in [2.45, 2.75) is 33.1 Å². The van der Waals surface area contributed by atoms with Crippen LogP contribution in [0, 0.1) is 31.0 Å². The average Bonchev–Trinajstić information content (AvgIpc) is 2.20. The zero-order valence-corrected chi connectivity index (χ0v) is 10.0. The van der Waals surface area contributed by atoms with Crippen LogP contribution in [-0.2, 0) is 5.41 Å². The fraction of sp³-hybridized carbons (Fsp3) is 0.417. The van der Waals surface area contributed by atoms with Gasteiger partial charge in [-0.1, -0.05) is 17.7 Å². The Balaban J connectivity index is 3.54. The van der Waals surface area contributed by atoms with Crippen molar-refractivity contribution in [2.24, 2.45) is 0 Å². The van der Waals surface area contributed by atoms with Crippen molar-refractivity contribution in [3.05, 3.63) is 33.6 Å². The van der Waals surface area contributed by atoms with Gasteiger partial charge in [-0.05, 0) is 44.4 Å². The van der Waals surface area contributed by atoms with Crippen molar-refractivity contribution < 1.29 is 4.39 Å². The minimum atomic E-state index is -0.694. The maximum Gasteiger partial charge on any atom is 0.145 e. The molecule has 0 bridgehead atoms. The van der Waals surface area contributed by atoms with Gasteiger partial charge < -0.3 is 0 Å². The summed E-state index contributed by atoms with van der Waals surface area (Å²) >= 11 is 5.79. The molecule has 1 rings (SSSR count). The summed E-state index contributed by atoms with van der Waals surface area (Å²) in [6.07, 6.45) is 0. The number of hydrogen-bond donors (Lipinski definition) is 0. The zero-order chi connectivity index (χ0) is 11.8. The minimum absolute atomic E-state index is 0.144. The first-order valence-electron chi connectivity index (χ1n) is 4.68. The lowest BCUT2D eigenvalue weighted by Gasteiger charge is -2.20. The Labute approximate surface area is 94.5 Å². The summed E-state index contributed by atoms with van der Waals surface area (Å²) in [5, 5.41) is 9.16. The lowest BCUT2D eigenvalue weighted by Crippen LogP contribution is -2.17. The van der Waals surface area contributed by atoms with E-state index in [1.807, 2.05) is 0 Å². The number of halogens is 2. The lowest BCUT2D eigenvalue weighted by molar-refractivity contribution is 0.599. The molecule has 1 aromatic rings. The van der Waals surface area contributed by atoms with E-state index in [-0.39, 0.29) is 5.02 Å². The van der Waals surface area contributed by atoms with Crippen molar-refractivity contribution in [3.8, 4) is 6.07 Å². The minimum Gasteiger partial charge on any atom is -0.205 e. The highest BCUT2D eigenvalue weighted by atomic mass is 35.5. The van der Waals surface area contributed by atoms with Gasteiger partial charge in [-0.2, -0.15) is 5.26 Å². The van der Waals surface area contributed by atoms with Gasteiger partial charge in [0.25, 0.3) is 0 Å². The van der Waals surface area contributed by atoms with Crippen LogP contribution in [-0.4, -0.2) is 0 Å². The summed E-state index contributed by atoms with van der Waals surface area (Å²) in [6, 6.07) is 3.94. The van der Waals surface area contributed by atoms with Gasteiger partial charge in [0, 0.05) is 0 Å². The van der Waals surface area contributed by atoms with E-state index in [0.29, 0.717) is 16.7 Å². The van der Waals surface area contributed by atoms with Gasteiger partial charge in [0.15, 0.2) is 0 Å². The third kappa shape index (κ3) is 1.98. The summed E-state index contributed by atoms with van der Waals surface area (Å²) in [6.45, 7) is 6.92. The van der Waals surface area contributed by atoms with Crippen molar-refractivity contribution in [1.82, 2.24) is 0 Å². The van der Waals surface area contributed by atoms with Crippen molar-refractivity contribution in [3.63, 3.8) is 0 Å². The fourth-order valence-corrected chi connectivity index (χ4v) is 1.75. The molecule has 0 aliphatic rings. The van der Waals surface area contributed by atoms with Gasteiger partial charge >= 0.3 is 0 Å². The number of nitriles is 1. The van der Waals surface area contributed by atoms with Crippen LogP contribution < -0.4 is 0 Å². The molecule has 0 spiro atoms. The van der Waals surface area contributed by atoms with E-state index in [0.717, 1.165) is 0 Å². The van der Waals surface area contributed by atoms with Gasteiger partial charge in [-0.3, -0.25) is 0 Å². The molecule has 0 aliphatic heterocycles. The van der Waals surface area contributed by atoms with Gasteiger partial charge in [0.1, 0.15) is 5.82 Å². The molecule has 0 aliphatic carbocycles. The Morgan fingerprint density at radius 2 is 1.93 bits per heavy atom. The van der Waals surface area contributed by atoms with E-state index in [2.05, 4.69) is 6.07 Å². The molecule has 0 heterocycles. The Morgan fingerprint density at radius 1 is 1.40 bits per heavy atom. The van der Waals surface area contributed by atoms with Crippen molar-refractivity contribution in [2.75, 3.05) is 0 Å². The van der Waals surface area contributed by atoms with Crippen molar-refractivity contribution >= 4 is 11.6 Å². The van der Waals surface area contributed by atoms with E-state index >= 15 is 0 Å². The molecule has 0 amide bonds. The third-order valence-corrected chi connectivity index (χ3v) is 3.05. The van der Waals surface area contributed by atoms with Crippen LogP contribution in [0.5, 0.6) is 0 Å². The molecule has 1 nitrogen and oxygen atoms in total. The van der Waals surface area contributed by atoms with E-state index in [1.165, 1.54) is 0 Å². The normalized spacial score (nSPS) is 11.3. The molecule has 0 saturated heterocycles. The molecule has 3 heteroatoms. The summed E-state index contributed by atoms with van der Waals surface area (Å²) in [5.74, 6) is -0.421. The topological polar surface area (TPSA) is 23.8 Å². The lowest BCUT2D eigenvalue weighted by atomic mass is 9.82. The number of benzene rings is 1. The molecule has 0 saturated carbocycles. The number of aryl methyl sites for hydroxylation is 1. The Bertz CT molecular complexity index is 444. The Morgan fingerprint density at radius 3 is 2.40 bits per heavy atom. The van der Waals surface area contributed by atoms with Gasteiger partial charge in [0.2, 0.25) is 0 Å². The quantitative estimate of drug-likeness (QED) is 0.711. The molecule has 80 valence electrons. The first kappa shape index (κ1) is 12.0. The number of nitrogens with zero attached hydrogens (tertiary/aromatic N) is 1. The molecule has 0 unspecified atom stereocenters. The molecule has 1 aromatic carbocycles. The Hall–Kier alpha value is -1.07. The molecular weight excluding hydrogens is 213 g/mol. The Kier molecular flexibility index (Phi) is 3.06. The summed E-state index contributed by atoms with van der Waals surface area (Å²) in [5.41, 5.74) is 1.12. The molecule has 0 N–H and O–H groups in total. The smallest absolute Gasteiger partial charge is 0.145 e. The first-order chi connectivity index (χ1) is 6.81. The maximum atomic E-state index is 13.7. The molecule has 0 radical (unpaired) electrons. The highest BCUT2D eigenvalue weighted by Gasteiger charge is 2.25. The summed E-state index contributed by atoms with van der Waals surface area (Å²) in [7, 11) is 0. The van der Waals surface area contributed by atoms with Crippen LogP contribution in [0.4, 0.5) is 4.39 Å². The van der Waals surface area contributed by atoms with Crippen LogP contribution in [0.1, 0.15) is 30.5 Å². The second-order valence-electron chi connectivity index (χ2n) is 4.23. The third-order valence-electron chi connectivity index (χ3n) is 2.59. The van der Waals surface area contributed by atoms with Crippen LogP contribution in [0.15, 0.2) is 6.07 Å². The molecule has 0 aromatic heterocycles. The van der Waals surface area contributed by atoms with Crippen LogP contribution >= 0.6 is 11.6 Å². The standard InChI is InChI=1S/C12H13ClFN/c1-7-5-9(12(3,4)6-15)8(2)11(14)10(7)13/h5H,1-4H3. The van der Waals surface area contributed by atoms with Gasteiger partial charge in [-0.25, -0.2) is 4.39 Å². The molecular formula is C12H13ClFN. The first-order valence-corrected chi connectivity index (χ1v) is 5.06.